The van der Waals surface area contributed by atoms with Crippen molar-refractivity contribution >= 4 is 11.6 Å². The molecule has 2 aromatic heterocycles. The van der Waals surface area contributed by atoms with Gasteiger partial charge in [0, 0.05) is 43.7 Å². The lowest BCUT2D eigenvalue weighted by Crippen LogP contribution is -2.26. The van der Waals surface area contributed by atoms with E-state index in [1.54, 1.807) is 25.5 Å². The number of hydrogen-bond donors (Lipinski definition) is 1. The summed E-state index contributed by atoms with van der Waals surface area (Å²) in [6.07, 6.45) is 5.69. The topological polar surface area (TPSA) is 78.1 Å². The summed E-state index contributed by atoms with van der Waals surface area (Å²) in [6, 6.07) is 3.31. The highest BCUT2D eigenvalue weighted by Crippen LogP contribution is 2.35. The van der Waals surface area contributed by atoms with E-state index in [2.05, 4.69) is 24.3 Å². The first-order valence-electron chi connectivity index (χ1n) is 8.09. The summed E-state index contributed by atoms with van der Waals surface area (Å²) < 4.78 is 9.07. The lowest BCUT2D eigenvalue weighted by atomic mass is 9.96. The number of nitrogens with zero attached hydrogens (tertiary/aromatic N) is 3. The highest BCUT2D eigenvalue weighted by atomic mass is 16.5. The van der Waals surface area contributed by atoms with Gasteiger partial charge in [-0.25, -0.2) is 0 Å². The summed E-state index contributed by atoms with van der Waals surface area (Å²) in [5, 5.41) is 7.20. The van der Waals surface area contributed by atoms with E-state index in [0.29, 0.717) is 18.7 Å². The van der Waals surface area contributed by atoms with Crippen LogP contribution in [-0.2, 0) is 16.6 Å². The van der Waals surface area contributed by atoms with Gasteiger partial charge in [0.2, 0.25) is 11.5 Å². The van der Waals surface area contributed by atoms with Gasteiger partial charge in [-0.05, 0) is 26.3 Å². The number of anilines is 1. The Morgan fingerprint density at radius 2 is 2.17 bits per heavy atom. The molecule has 0 bridgehead atoms. The molecule has 1 aliphatic heterocycles. The molecule has 0 aromatic carbocycles. The largest absolute Gasteiger partial charge is 0.373 e. The van der Waals surface area contributed by atoms with E-state index in [9.17, 15) is 9.59 Å². The predicted octanol–water partition coefficient (Wildman–Crippen LogP) is 1.88. The first kappa shape index (κ1) is 16.4. The standard InChI is InChI=1S/C17H22N4O3/c1-11(2)21-9-12(8-18-21)16-14(6-7-24-16)17(23)19-13-4-5-15(22)20(3)10-13/h4-5,8-11,14,16H,6-7H2,1-3H3,(H,19,23)/t14-,16+/m1/s1. The number of rotatable bonds is 4. The molecule has 0 spiro atoms. The Morgan fingerprint density at radius 3 is 2.83 bits per heavy atom. The number of hydrogen-bond acceptors (Lipinski definition) is 4. The third-order valence-corrected chi connectivity index (χ3v) is 4.26. The fourth-order valence-electron chi connectivity index (χ4n) is 2.87. The summed E-state index contributed by atoms with van der Waals surface area (Å²) in [4.78, 5) is 24.1. The number of aromatic nitrogens is 3. The maximum atomic E-state index is 12.6. The molecule has 3 rings (SSSR count). The van der Waals surface area contributed by atoms with Crippen LogP contribution in [0.1, 0.15) is 38.0 Å². The number of pyridine rings is 1. The Kier molecular flexibility index (Phi) is 4.53. The molecule has 1 saturated heterocycles. The molecular weight excluding hydrogens is 308 g/mol. The second-order valence-corrected chi connectivity index (χ2v) is 6.39. The first-order chi connectivity index (χ1) is 11.5. The maximum absolute atomic E-state index is 12.6. The highest BCUT2D eigenvalue weighted by molar-refractivity contribution is 5.93. The summed E-state index contributed by atoms with van der Waals surface area (Å²) in [5.74, 6) is -0.375. The number of carbonyl (C=O) groups is 1. The second kappa shape index (κ2) is 6.60. The molecule has 2 aromatic rings. The van der Waals surface area contributed by atoms with E-state index < -0.39 is 0 Å². The summed E-state index contributed by atoms with van der Waals surface area (Å²) in [7, 11) is 1.65. The quantitative estimate of drug-likeness (QED) is 0.928. The minimum atomic E-state index is -0.287. The summed E-state index contributed by atoms with van der Waals surface area (Å²) in [6.45, 7) is 4.65. The fraction of sp³-hybridized carbons (Fsp3) is 0.471. The van der Waals surface area contributed by atoms with Crippen molar-refractivity contribution in [3.05, 3.63) is 46.6 Å². The van der Waals surface area contributed by atoms with Crippen molar-refractivity contribution in [1.82, 2.24) is 14.3 Å². The van der Waals surface area contributed by atoms with E-state index in [4.69, 9.17) is 4.74 Å². The van der Waals surface area contributed by atoms with E-state index in [1.165, 1.54) is 10.6 Å². The third-order valence-electron chi connectivity index (χ3n) is 4.26. The van der Waals surface area contributed by atoms with Gasteiger partial charge in [-0.3, -0.25) is 14.3 Å². The Balaban J connectivity index is 1.75. The number of nitrogens with one attached hydrogen (secondary N) is 1. The SMILES string of the molecule is CC(C)n1cc([C@@H]2OCC[C@H]2C(=O)Nc2ccc(=O)n(C)c2)cn1. The highest BCUT2D eigenvalue weighted by Gasteiger charge is 2.36. The molecule has 0 radical (unpaired) electrons. The molecule has 1 N–H and O–H groups in total. The Labute approximate surface area is 140 Å². The van der Waals surface area contributed by atoms with Crippen molar-refractivity contribution in [3.8, 4) is 0 Å². The van der Waals surface area contributed by atoms with Crippen LogP contribution < -0.4 is 10.9 Å². The van der Waals surface area contributed by atoms with Crippen molar-refractivity contribution in [2.24, 2.45) is 13.0 Å². The lowest BCUT2D eigenvalue weighted by Gasteiger charge is -2.17. The van der Waals surface area contributed by atoms with Gasteiger partial charge in [-0.2, -0.15) is 5.10 Å². The first-order valence-corrected chi connectivity index (χ1v) is 8.09. The minimum absolute atomic E-state index is 0.103. The molecule has 7 heteroatoms. The van der Waals surface area contributed by atoms with Crippen molar-refractivity contribution in [2.45, 2.75) is 32.4 Å². The molecule has 1 aliphatic rings. The molecule has 3 heterocycles. The Hall–Kier alpha value is -2.41. The zero-order valence-corrected chi connectivity index (χ0v) is 14.1. The van der Waals surface area contributed by atoms with Crippen LogP contribution in [0.4, 0.5) is 5.69 Å². The van der Waals surface area contributed by atoms with E-state index >= 15 is 0 Å². The van der Waals surface area contributed by atoms with Crippen LogP contribution >= 0.6 is 0 Å². The third kappa shape index (κ3) is 3.26. The van der Waals surface area contributed by atoms with E-state index in [-0.39, 0.29) is 29.5 Å². The van der Waals surface area contributed by atoms with E-state index in [0.717, 1.165) is 5.56 Å². The van der Waals surface area contributed by atoms with E-state index in [1.807, 2.05) is 10.9 Å². The van der Waals surface area contributed by atoms with Gasteiger partial charge >= 0.3 is 0 Å². The fourth-order valence-corrected chi connectivity index (χ4v) is 2.87. The number of carbonyl (C=O) groups excluding carboxylic acids is 1. The number of amides is 1. The smallest absolute Gasteiger partial charge is 0.250 e. The van der Waals surface area contributed by atoms with Crippen LogP contribution in [-0.4, -0.2) is 26.9 Å². The zero-order valence-electron chi connectivity index (χ0n) is 14.1. The second-order valence-electron chi connectivity index (χ2n) is 6.39. The molecule has 7 nitrogen and oxygen atoms in total. The van der Waals surface area contributed by atoms with Crippen LogP contribution in [0.15, 0.2) is 35.5 Å². The summed E-state index contributed by atoms with van der Waals surface area (Å²) >= 11 is 0. The molecule has 24 heavy (non-hydrogen) atoms. The molecular formula is C17H22N4O3. The molecule has 0 aliphatic carbocycles. The van der Waals surface area contributed by atoms with Crippen molar-refractivity contribution in [3.63, 3.8) is 0 Å². The predicted molar refractivity (Wildman–Crippen MR) is 89.7 cm³/mol. The number of ether oxygens (including phenoxy) is 1. The molecule has 1 fully saturated rings. The van der Waals surface area contributed by atoms with Gasteiger partial charge in [0.25, 0.3) is 0 Å². The average molecular weight is 330 g/mol. The van der Waals surface area contributed by atoms with Gasteiger partial charge < -0.3 is 14.6 Å². The van der Waals surface area contributed by atoms with Crippen molar-refractivity contribution < 1.29 is 9.53 Å². The van der Waals surface area contributed by atoms with Gasteiger partial charge in [0.15, 0.2) is 0 Å². The maximum Gasteiger partial charge on any atom is 0.250 e. The average Bonchev–Trinajstić information content (AvgIpc) is 3.18. The lowest BCUT2D eigenvalue weighted by molar-refractivity contribution is -0.121. The monoisotopic (exact) mass is 330 g/mol. The van der Waals surface area contributed by atoms with Gasteiger partial charge in [0.05, 0.1) is 23.9 Å². The molecule has 128 valence electrons. The van der Waals surface area contributed by atoms with Crippen molar-refractivity contribution in [2.75, 3.05) is 11.9 Å². The molecule has 1 amide bonds. The van der Waals surface area contributed by atoms with Crippen LogP contribution in [0, 0.1) is 5.92 Å². The minimum Gasteiger partial charge on any atom is -0.373 e. The normalized spacial score (nSPS) is 20.5. The molecule has 2 atom stereocenters. The van der Waals surface area contributed by atoms with Crippen LogP contribution in [0.5, 0.6) is 0 Å². The van der Waals surface area contributed by atoms with Crippen molar-refractivity contribution in [1.29, 1.82) is 0 Å². The Morgan fingerprint density at radius 1 is 1.38 bits per heavy atom. The van der Waals surface area contributed by atoms with Gasteiger partial charge in [0.1, 0.15) is 0 Å². The number of aryl methyl sites for hydroxylation is 1. The Bertz CT molecular complexity index is 793. The van der Waals surface area contributed by atoms with Crippen LogP contribution in [0.25, 0.3) is 0 Å². The van der Waals surface area contributed by atoms with Crippen LogP contribution in [0.3, 0.4) is 0 Å². The molecule has 0 saturated carbocycles. The van der Waals surface area contributed by atoms with Gasteiger partial charge in [-0.1, -0.05) is 0 Å². The van der Waals surface area contributed by atoms with Gasteiger partial charge in [-0.15, -0.1) is 0 Å². The van der Waals surface area contributed by atoms with Crippen LogP contribution in [0.2, 0.25) is 0 Å². The zero-order chi connectivity index (χ0) is 17.3. The molecule has 0 unspecified atom stereocenters. The summed E-state index contributed by atoms with van der Waals surface area (Å²) in [5.41, 5.74) is 1.41.